The normalized spacial score (nSPS) is 18.6. The van der Waals surface area contributed by atoms with E-state index in [1.807, 2.05) is 40.4 Å². The highest BCUT2D eigenvalue weighted by atomic mass is 35.5. The van der Waals surface area contributed by atoms with Gasteiger partial charge in [-0.1, -0.05) is 41.6 Å². The summed E-state index contributed by atoms with van der Waals surface area (Å²) in [7, 11) is 0. The van der Waals surface area contributed by atoms with Gasteiger partial charge in [-0.15, -0.1) is 16.4 Å². The van der Waals surface area contributed by atoms with Crippen molar-refractivity contribution < 1.29 is 4.79 Å². The Hall–Kier alpha value is -2.09. The summed E-state index contributed by atoms with van der Waals surface area (Å²) in [5, 5.41) is 11.6. The van der Waals surface area contributed by atoms with Crippen LogP contribution in [0.1, 0.15) is 35.7 Å². The molecule has 0 amide bonds. The van der Waals surface area contributed by atoms with Crippen LogP contribution < -0.4 is 5.32 Å². The Morgan fingerprint density at radius 2 is 2.11 bits per heavy atom. The van der Waals surface area contributed by atoms with E-state index in [1.165, 1.54) is 0 Å². The number of allylic oxidation sites excluding steroid dienone is 2. The Kier molecular flexibility index (Phi) is 4.74. The van der Waals surface area contributed by atoms with Gasteiger partial charge in [0.05, 0.1) is 0 Å². The molecule has 142 valence electrons. The molecule has 0 saturated heterocycles. The highest BCUT2D eigenvalue weighted by Crippen LogP contribution is 2.41. The minimum absolute atomic E-state index is 0.184. The van der Waals surface area contributed by atoms with Crippen molar-refractivity contribution in [3.05, 3.63) is 68.5 Å². The maximum absolute atomic E-state index is 12.7. The molecule has 3 aromatic rings. The molecule has 3 heterocycles. The Balaban J connectivity index is 1.47. The first-order chi connectivity index (χ1) is 13.7. The number of halogens is 1. The highest BCUT2D eigenvalue weighted by Gasteiger charge is 2.37. The molecule has 2 aliphatic rings. The van der Waals surface area contributed by atoms with E-state index in [1.54, 1.807) is 23.1 Å². The second-order valence-corrected chi connectivity index (χ2v) is 9.15. The van der Waals surface area contributed by atoms with Gasteiger partial charge in [0, 0.05) is 33.3 Å². The average Bonchev–Trinajstić information content (AvgIpc) is 3.36. The van der Waals surface area contributed by atoms with E-state index in [0.29, 0.717) is 17.5 Å². The van der Waals surface area contributed by atoms with E-state index >= 15 is 0 Å². The Bertz CT molecular complexity index is 1060. The number of ketones is 1. The molecule has 1 aliphatic carbocycles. The number of carbonyl (C=O) groups excluding carboxylic acids is 1. The van der Waals surface area contributed by atoms with E-state index in [-0.39, 0.29) is 11.8 Å². The van der Waals surface area contributed by atoms with E-state index in [2.05, 4.69) is 11.4 Å². The molecule has 0 bridgehead atoms. The molecule has 1 aliphatic heterocycles. The standard InChI is InChI=1S/C20H17ClN4OS2/c21-13-8-6-12(7-9-13)11-28-20-23-19-22-14-3-1-4-15(26)17(14)18(25(19)24-20)16-5-2-10-27-16/h2,5-10,18H,1,3-4,11H2,(H,22,23,24)/t18-/m0/s1. The van der Waals surface area contributed by atoms with Gasteiger partial charge < -0.3 is 5.32 Å². The fraction of sp³-hybridized carbons (Fsp3) is 0.250. The molecule has 0 spiro atoms. The van der Waals surface area contributed by atoms with Crippen LogP contribution in [0.2, 0.25) is 5.02 Å². The van der Waals surface area contributed by atoms with Crippen LogP contribution in [0.4, 0.5) is 5.95 Å². The average molecular weight is 429 g/mol. The third kappa shape index (κ3) is 3.27. The molecule has 28 heavy (non-hydrogen) atoms. The zero-order valence-corrected chi connectivity index (χ0v) is 17.3. The number of Topliss-reactive ketones (excluding diaryl/α,β-unsaturated/α-hetero) is 1. The van der Waals surface area contributed by atoms with Crippen LogP contribution in [0.3, 0.4) is 0 Å². The highest BCUT2D eigenvalue weighted by molar-refractivity contribution is 7.98. The lowest BCUT2D eigenvalue weighted by Gasteiger charge is -2.31. The summed E-state index contributed by atoms with van der Waals surface area (Å²) >= 11 is 9.19. The third-order valence-electron chi connectivity index (χ3n) is 4.94. The van der Waals surface area contributed by atoms with Crippen molar-refractivity contribution in [1.82, 2.24) is 14.8 Å². The first-order valence-electron chi connectivity index (χ1n) is 9.09. The van der Waals surface area contributed by atoms with Crippen molar-refractivity contribution >= 4 is 46.4 Å². The number of hydrogen-bond acceptors (Lipinski definition) is 6. The number of benzene rings is 1. The summed E-state index contributed by atoms with van der Waals surface area (Å²) in [4.78, 5) is 18.5. The molecule has 5 rings (SSSR count). The first kappa shape index (κ1) is 18.0. The molecular formula is C20H17ClN4OS2. The number of carbonyl (C=O) groups is 1. The van der Waals surface area contributed by atoms with Gasteiger partial charge in [0.15, 0.2) is 5.78 Å². The van der Waals surface area contributed by atoms with Gasteiger partial charge in [-0.3, -0.25) is 4.79 Å². The van der Waals surface area contributed by atoms with Crippen LogP contribution in [-0.4, -0.2) is 20.5 Å². The number of nitrogens with one attached hydrogen (secondary N) is 1. The fourth-order valence-corrected chi connectivity index (χ4v) is 5.37. The lowest BCUT2D eigenvalue weighted by Crippen LogP contribution is -2.31. The Morgan fingerprint density at radius 3 is 2.89 bits per heavy atom. The third-order valence-corrected chi connectivity index (χ3v) is 7.03. The van der Waals surface area contributed by atoms with Crippen LogP contribution in [0.25, 0.3) is 0 Å². The zero-order valence-electron chi connectivity index (χ0n) is 14.9. The molecule has 8 heteroatoms. The number of thioether (sulfide) groups is 1. The number of thiophene rings is 1. The molecule has 0 fully saturated rings. The molecular weight excluding hydrogens is 412 g/mol. The lowest BCUT2D eigenvalue weighted by molar-refractivity contribution is -0.116. The molecule has 0 unspecified atom stereocenters. The van der Waals surface area contributed by atoms with Crippen molar-refractivity contribution in [2.45, 2.75) is 36.2 Å². The topological polar surface area (TPSA) is 59.8 Å². The van der Waals surface area contributed by atoms with Gasteiger partial charge in [-0.05, 0) is 42.0 Å². The maximum Gasteiger partial charge on any atom is 0.227 e. The quantitative estimate of drug-likeness (QED) is 0.571. The second-order valence-electron chi connectivity index (χ2n) is 6.79. The van der Waals surface area contributed by atoms with E-state index in [9.17, 15) is 4.79 Å². The van der Waals surface area contributed by atoms with Crippen molar-refractivity contribution in [2.75, 3.05) is 5.32 Å². The van der Waals surface area contributed by atoms with Gasteiger partial charge in [-0.25, -0.2) is 4.68 Å². The lowest BCUT2D eigenvalue weighted by atomic mass is 9.88. The van der Waals surface area contributed by atoms with Gasteiger partial charge in [0.1, 0.15) is 6.04 Å². The molecule has 1 N–H and O–H groups in total. The number of fused-ring (bicyclic) bond motifs is 1. The fourth-order valence-electron chi connectivity index (χ4n) is 3.64. The number of aromatic nitrogens is 3. The van der Waals surface area contributed by atoms with Crippen LogP contribution in [-0.2, 0) is 10.5 Å². The monoisotopic (exact) mass is 428 g/mol. The van der Waals surface area contributed by atoms with Crippen molar-refractivity contribution in [3.63, 3.8) is 0 Å². The van der Waals surface area contributed by atoms with Crippen LogP contribution in [0, 0.1) is 0 Å². The largest absolute Gasteiger partial charge is 0.328 e. The summed E-state index contributed by atoms with van der Waals surface area (Å²) in [5.74, 6) is 1.69. The predicted molar refractivity (Wildman–Crippen MR) is 113 cm³/mol. The van der Waals surface area contributed by atoms with Crippen molar-refractivity contribution in [2.24, 2.45) is 0 Å². The van der Waals surface area contributed by atoms with Gasteiger partial charge in [0.25, 0.3) is 0 Å². The minimum Gasteiger partial charge on any atom is -0.328 e. The number of anilines is 1. The number of hydrogen-bond donors (Lipinski definition) is 1. The SMILES string of the molecule is O=C1CCCC2=C1[C@H](c1cccs1)n1nc(SCc3ccc(Cl)cc3)nc1N2. The maximum atomic E-state index is 12.7. The minimum atomic E-state index is -0.184. The van der Waals surface area contributed by atoms with E-state index in [4.69, 9.17) is 21.7 Å². The summed E-state index contributed by atoms with van der Waals surface area (Å²) in [6.07, 6.45) is 2.36. The van der Waals surface area contributed by atoms with Crippen molar-refractivity contribution in [1.29, 1.82) is 0 Å². The van der Waals surface area contributed by atoms with Gasteiger partial charge in [-0.2, -0.15) is 4.98 Å². The van der Waals surface area contributed by atoms with Crippen molar-refractivity contribution in [3.8, 4) is 0 Å². The Labute approximate surface area is 175 Å². The number of rotatable bonds is 4. The smallest absolute Gasteiger partial charge is 0.227 e. The molecule has 2 aromatic heterocycles. The summed E-state index contributed by atoms with van der Waals surface area (Å²) < 4.78 is 1.87. The van der Waals surface area contributed by atoms with Crippen LogP contribution >= 0.6 is 34.7 Å². The molecule has 0 radical (unpaired) electrons. The van der Waals surface area contributed by atoms with Gasteiger partial charge in [0.2, 0.25) is 11.1 Å². The first-order valence-corrected chi connectivity index (χ1v) is 11.3. The van der Waals surface area contributed by atoms with Crippen LogP contribution in [0.15, 0.2) is 58.2 Å². The molecule has 1 aromatic carbocycles. The van der Waals surface area contributed by atoms with Gasteiger partial charge >= 0.3 is 0 Å². The van der Waals surface area contributed by atoms with E-state index in [0.717, 1.165) is 45.3 Å². The predicted octanol–water partition coefficient (Wildman–Crippen LogP) is 5.31. The van der Waals surface area contributed by atoms with E-state index < -0.39 is 0 Å². The zero-order chi connectivity index (χ0) is 19.1. The second kappa shape index (κ2) is 7.39. The van der Waals surface area contributed by atoms with Crippen LogP contribution in [0.5, 0.6) is 0 Å². The summed E-state index contributed by atoms with van der Waals surface area (Å²) in [6.45, 7) is 0. The number of nitrogens with zero attached hydrogens (tertiary/aromatic N) is 3. The summed E-state index contributed by atoms with van der Waals surface area (Å²) in [6, 6.07) is 11.7. The Morgan fingerprint density at radius 1 is 1.25 bits per heavy atom. The molecule has 1 atom stereocenters. The summed E-state index contributed by atoms with van der Waals surface area (Å²) in [5.41, 5.74) is 3.02. The molecule has 0 saturated carbocycles. The molecule has 5 nitrogen and oxygen atoms in total.